The smallest absolute Gasteiger partial charge is 0.106 e. The molecule has 0 aliphatic carbocycles. The monoisotopic (exact) mass is 126 g/mol. The van der Waals surface area contributed by atoms with Crippen molar-refractivity contribution in [3.8, 4) is 0 Å². The second-order valence-electron chi connectivity index (χ2n) is 1.89. The SMILES string of the molecule is C=CC(C)=C(C)C.C=O. The molecule has 0 spiro atoms. The van der Waals surface area contributed by atoms with Crippen LogP contribution in [-0.2, 0) is 4.79 Å². The summed E-state index contributed by atoms with van der Waals surface area (Å²) in [6.45, 7) is 11.8. The van der Waals surface area contributed by atoms with Crippen LogP contribution >= 0.6 is 0 Å². The van der Waals surface area contributed by atoms with E-state index in [2.05, 4.69) is 27.4 Å². The Bertz CT molecular complexity index is 108. The fourth-order valence-corrected chi connectivity index (χ4v) is 0.204. The number of rotatable bonds is 1. The van der Waals surface area contributed by atoms with Gasteiger partial charge in [0.2, 0.25) is 0 Å². The molecular formula is C8H14O. The molecule has 52 valence electrons. The first-order valence-electron chi connectivity index (χ1n) is 2.74. The Morgan fingerprint density at radius 1 is 1.22 bits per heavy atom. The number of allylic oxidation sites excluding steroid dienone is 3. The van der Waals surface area contributed by atoms with E-state index < -0.39 is 0 Å². The van der Waals surface area contributed by atoms with Gasteiger partial charge >= 0.3 is 0 Å². The summed E-state index contributed by atoms with van der Waals surface area (Å²) in [6, 6.07) is 0. The van der Waals surface area contributed by atoms with Crippen LogP contribution in [0.15, 0.2) is 23.8 Å². The average Bonchev–Trinajstić information content (AvgIpc) is 1.91. The van der Waals surface area contributed by atoms with Crippen molar-refractivity contribution in [2.45, 2.75) is 20.8 Å². The van der Waals surface area contributed by atoms with Crippen LogP contribution < -0.4 is 0 Å². The van der Waals surface area contributed by atoms with Crippen molar-refractivity contribution in [3.63, 3.8) is 0 Å². The van der Waals surface area contributed by atoms with Crippen molar-refractivity contribution in [2.75, 3.05) is 0 Å². The fraction of sp³-hybridized carbons (Fsp3) is 0.375. The van der Waals surface area contributed by atoms with Crippen LogP contribution in [0.5, 0.6) is 0 Å². The Morgan fingerprint density at radius 2 is 1.56 bits per heavy atom. The highest BCUT2D eigenvalue weighted by Gasteiger charge is 1.79. The molecule has 0 amide bonds. The number of hydrogen-bond donors (Lipinski definition) is 0. The first-order valence-corrected chi connectivity index (χ1v) is 2.74. The van der Waals surface area contributed by atoms with Crippen molar-refractivity contribution in [1.29, 1.82) is 0 Å². The van der Waals surface area contributed by atoms with Gasteiger partial charge in [-0.05, 0) is 20.8 Å². The molecule has 0 atom stereocenters. The molecule has 1 nitrogen and oxygen atoms in total. The van der Waals surface area contributed by atoms with Crippen molar-refractivity contribution in [2.24, 2.45) is 0 Å². The van der Waals surface area contributed by atoms with Crippen LogP contribution in [0.4, 0.5) is 0 Å². The van der Waals surface area contributed by atoms with E-state index >= 15 is 0 Å². The van der Waals surface area contributed by atoms with Crippen LogP contribution in [0.25, 0.3) is 0 Å². The molecule has 0 heterocycles. The highest BCUT2D eigenvalue weighted by Crippen LogP contribution is 2.00. The molecule has 0 bridgehead atoms. The Labute approximate surface area is 57.1 Å². The summed E-state index contributed by atoms with van der Waals surface area (Å²) in [5.41, 5.74) is 2.62. The lowest BCUT2D eigenvalue weighted by molar-refractivity contribution is -0.0979. The van der Waals surface area contributed by atoms with E-state index in [1.54, 1.807) is 0 Å². The third kappa shape index (κ3) is 7.15. The Kier molecular flexibility index (Phi) is 8.75. The van der Waals surface area contributed by atoms with Crippen molar-refractivity contribution >= 4 is 6.79 Å². The van der Waals surface area contributed by atoms with E-state index in [0.717, 1.165) is 0 Å². The number of carbonyl (C=O) groups is 1. The van der Waals surface area contributed by atoms with Gasteiger partial charge in [-0.25, -0.2) is 0 Å². The van der Waals surface area contributed by atoms with E-state index in [1.165, 1.54) is 11.1 Å². The Morgan fingerprint density at radius 3 is 1.56 bits per heavy atom. The van der Waals surface area contributed by atoms with Crippen LogP contribution in [0.2, 0.25) is 0 Å². The van der Waals surface area contributed by atoms with Gasteiger partial charge in [0.05, 0.1) is 0 Å². The molecule has 0 fully saturated rings. The maximum Gasteiger partial charge on any atom is 0.106 e. The van der Waals surface area contributed by atoms with Crippen molar-refractivity contribution in [3.05, 3.63) is 23.8 Å². The van der Waals surface area contributed by atoms with E-state index in [-0.39, 0.29) is 0 Å². The molecule has 0 saturated carbocycles. The first kappa shape index (κ1) is 11.0. The van der Waals surface area contributed by atoms with Gasteiger partial charge in [-0.15, -0.1) is 0 Å². The van der Waals surface area contributed by atoms with E-state index in [0.29, 0.717) is 0 Å². The molecule has 0 aromatic heterocycles. The molecule has 0 aromatic rings. The molecule has 0 aliphatic rings. The highest BCUT2D eigenvalue weighted by molar-refractivity contribution is 5.18. The minimum atomic E-state index is 1.28. The molecule has 0 radical (unpaired) electrons. The average molecular weight is 126 g/mol. The number of carbonyl (C=O) groups excluding carboxylic acids is 1. The molecule has 0 unspecified atom stereocenters. The quantitative estimate of drug-likeness (QED) is 0.493. The lowest BCUT2D eigenvalue weighted by Crippen LogP contribution is -1.69. The predicted molar refractivity (Wildman–Crippen MR) is 41.4 cm³/mol. The molecule has 9 heavy (non-hydrogen) atoms. The summed E-state index contributed by atoms with van der Waals surface area (Å²) in [5, 5.41) is 0. The summed E-state index contributed by atoms with van der Waals surface area (Å²) in [6.07, 6.45) is 1.87. The lowest BCUT2D eigenvalue weighted by atomic mass is 10.2. The summed E-state index contributed by atoms with van der Waals surface area (Å²) in [4.78, 5) is 8.00. The van der Waals surface area contributed by atoms with Crippen LogP contribution in [0.1, 0.15) is 20.8 Å². The van der Waals surface area contributed by atoms with E-state index in [1.807, 2.05) is 12.9 Å². The van der Waals surface area contributed by atoms with Gasteiger partial charge in [-0.1, -0.05) is 23.8 Å². The third-order valence-electron chi connectivity index (χ3n) is 1.09. The normalized spacial score (nSPS) is 6.56. The van der Waals surface area contributed by atoms with E-state index in [4.69, 9.17) is 4.79 Å². The highest BCUT2D eigenvalue weighted by atomic mass is 16.1. The number of hydrogen-bond acceptors (Lipinski definition) is 1. The van der Waals surface area contributed by atoms with Gasteiger partial charge in [0.25, 0.3) is 0 Å². The Hall–Kier alpha value is -0.850. The minimum Gasteiger partial charge on any atom is -0.307 e. The fourth-order valence-electron chi connectivity index (χ4n) is 0.204. The second kappa shape index (κ2) is 7.15. The molecule has 0 aromatic carbocycles. The van der Waals surface area contributed by atoms with Crippen LogP contribution in [0, 0.1) is 0 Å². The second-order valence-corrected chi connectivity index (χ2v) is 1.89. The third-order valence-corrected chi connectivity index (χ3v) is 1.09. The van der Waals surface area contributed by atoms with Gasteiger partial charge in [0, 0.05) is 0 Å². The molecule has 0 N–H and O–H groups in total. The zero-order valence-corrected chi connectivity index (χ0v) is 6.40. The first-order chi connectivity index (χ1) is 4.18. The van der Waals surface area contributed by atoms with Gasteiger partial charge in [0.1, 0.15) is 6.79 Å². The van der Waals surface area contributed by atoms with E-state index in [9.17, 15) is 0 Å². The molecule has 0 rings (SSSR count). The minimum absolute atomic E-state index is 1.28. The van der Waals surface area contributed by atoms with Crippen LogP contribution in [-0.4, -0.2) is 6.79 Å². The Balaban J connectivity index is 0. The van der Waals surface area contributed by atoms with Crippen LogP contribution in [0.3, 0.4) is 0 Å². The topological polar surface area (TPSA) is 17.1 Å². The standard InChI is InChI=1S/C7H12.CH2O/c1-5-7(4)6(2)3;1-2/h5H,1H2,2-4H3;1H2. The summed E-state index contributed by atoms with van der Waals surface area (Å²) in [5.74, 6) is 0. The lowest BCUT2D eigenvalue weighted by Gasteiger charge is -1.90. The van der Waals surface area contributed by atoms with Gasteiger partial charge in [0.15, 0.2) is 0 Å². The molecular weight excluding hydrogens is 112 g/mol. The molecule has 0 saturated heterocycles. The summed E-state index contributed by atoms with van der Waals surface area (Å²) < 4.78 is 0. The zero-order valence-electron chi connectivity index (χ0n) is 6.40. The van der Waals surface area contributed by atoms with Gasteiger partial charge in [-0.2, -0.15) is 0 Å². The largest absolute Gasteiger partial charge is 0.307 e. The van der Waals surface area contributed by atoms with Crippen molar-refractivity contribution < 1.29 is 4.79 Å². The predicted octanol–water partition coefficient (Wildman–Crippen LogP) is 2.34. The molecule has 1 heteroatoms. The van der Waals surface area contributed by atoms with Gasteiger partial charge < -0.3 is 4.79 Å². The maximum atomic E-state index is 8.00. The van der Waals surface area contributed by atoms with Gasteiger partial charge in [-0.3, -0.25) is 0 Å². The van der Waals surface area contributed by atoms with Crippen molar-refractivity contribution in [1.82, 2.24) is 0 Å². The zero-order chi connectivity index (χ0) is 7.86. The molecule has 0 aliphatic heterocycles. The maximum absolute atomic E-state index is 8.00. The summed E-state index contributed by atoms with van der Waals surface area (Å²) in [7, 11) is 0. The summed E-state index contributed by atoms with van der Waals surface area (Å²) >= 11 is 0.